The second-order valence-electron chi connectivity index (χ2n) is 3.22. The molecule has 66 valence electrons. The van der Waals surface area contributed by atoms with Crippen LogP contribution in [0, 0.1) is 0 Å². The third-order valence-electron chi connectivity index (χ3n) is 2.03. The summed E-state index contributed by atoms with van der Waals surface area (Å²) in [4.78, 5) is 0. The van der Waals surface area contributed by atoms with E-state index in [0.29, 0.717) is 0 Å². The molecule has 0 aromatic heterocycles. The molecule has 0 N–H and O–H groups in total. The molecule has 0 aliphatic heterocycles. The highest BCUT2D eigenvalue weighted by molar-refractivity contribution is 6.84. The van der Waals surface area contributed by atoms with Gasteiger partial charge in [0.2, 0.25) is 8.32 Å². The minimum absolute atomic E-state index is 0.783. The quantitative estimate of drug-likeness (QED) is 0.667. The molecule has 0 fully saturated rings. The van der Waals surface area contributed by atoms with E-state index in [2.05, 4.69) is 19.2 Å². The van der Waals surface area contributed by atoms with Crippen molar-refractivity contribution < 1.29 is 4.43 Å². The lowest BCUT2D eigenvalue weighted by Crippen LogP contribution is -2.43. The van der Waals surface area contributed by atoms with Crippen LogP contribution in [-0.2, 0) is 4.43 Å². The number of hydrogen-bond acceptors (Lipinski definition) is 1. The molecule has 0 saturated carbocycles. The Balaban J connectivity index is 3.03. The van der Waals surface area contributed by atoms with Crippen LogP contribution in [0.4, 0.5) is 0 Å². The van der Waals surface area contributed by atoms with E-state index in [4.69, 9.17) is 16.0 Å². The van der Waals surface area contributed by atoms with Gasteiger partial charge in [-0.25, -0.2) is 0 Å². The summed E-state index contributed by atoms with van der Waals surface area (Å²) in [6, 6.07) is 7.90. The van der Waals surface area contributed by atoms with Gasteiger partial charge in [-0.3, -0.25) is 0 Å². The molecule has 1 nitrogen and oxygen atoms in total. The average Bonchev–Trinajstić information content (AvgIpc) is 2.05. The van der Waals surface area contributed by atoms with Crippen LogP contribution in [-0.4, -0.2) is 15.4 Å². The first kappa shape index (κ1) is 9.77. The number of halogens is 1. The molecule has 0 unspecified atom stereocenters. The van der Waals surface area contributed by atoms with Crippen molar-refractivity contribution in [2.75, 3.05) is 7.11 Å². The predicted molar refractivity (Wildman–Crippen MR) is 55.6 cm³/mol. The van der Waals surface area contributed by atoms with E-state index in [9.17, 15) is 0 Å². The molecule has 0 saturated heterocycles. The van der Waals surface area contributed by atoms with Gasteiger partial charge >= 0.3 is 0 Å². The summed E-state index contributed by atoms with van der Waals surface area (Å²) < 4.78 is 5.46. The van der Waals surface area contributed by atoms with Crippen molar-refractivity contribution in [3.63, 3.8) is 0 Å². The Kier molecular flexibility index (Phi) is 2.93. The first-order chi connectivity index (χ1) is 5.56. The van der Waals surface area contributed by atoms with E-state index in [1.54, 1.807) is 7.11 Å². The summed E-state index contributed by atoms with van der Waals surface area (Å²) in [5.41, 5.74) is 0. The van der Waals surface area contributed by atoms with Gasteiger partial charge in [0.25, 0.3) is 0 Å². The van der Waals surface area contributed by atoms with Gasteiger partial charge < -0.3 is 4.43 Å². The zero-order valence-corrected chi connectivity index (χ0v) is 9.35. The van der Waals surface area contributed by atoms with Gasteiger partial charge in [0.15, 0.2) is 0 Å². The van der Waals surface area contributed by atoms with Crippen LogP contribution in [0.2, 0.25) is 18.1 Å². The van der Waals surface area contributed by atoms with Gasteiger partial charge in [0.1, 0.15) is 0 Å². The van der Waals surface area contributed by atoms with E-state index >= 15 is 0 Å². The second-order valence-corrected chi connectivity index (χ2v) is 7.67. The van der Waals surface area contributed by atoms with Gasteiger partial charge in [-0.2, -0.15) is 0 Å². The molecule has 1 aromatic carbocycles. The maximum absolute atomic E-state index is 5.87. The summed E-state index contributed by atoms with van der Waals surface area (Å²) >= 11 is 5.87. The largest absolute Gasteiger partial charge is 0.416 e. The zero-order chi connectivity index (χ0) is 9.19. The molecule has 0 spiro atoms. The van der Waals surface area contributed by atoms with E-state index in [0.717, 1.165) is 5.02 Å². The van der Waals surface area contributed by atoms with Crippen molar-refractivity contribution in [3.05, 3.63) is 29.3 Å². The minimum Gasteiger partial charge on any atom is -0.416 e. The molecular weight excluding hydrogens is 188 g/mol. The highest BCUT2D eigenvalue weighted by atomic mass is 35.5. The van der Waals surface area contributed by atoms with Crippen LogP contribution in [0.1, 0.15) is 0 Å². The molecule has 1 aromatic rings. The molecular formula is C9H13ClOSi. The normalized spacial score (nSPS) is 11.7. The molecule has 12 heavy (non-hydrogen) atoms. The number of hydrogen-bond donors (Lipinski definition) is 0. The number of rotatable bonds is 2. The fourth-order valence-electron chi connectivity index (χ4n) is 0.981. The van der Waals surface area contributed by atoms with Crippen LogP contribution in [0.3, 0.4) is 0 Å². The van der Waals surface area contributed by atoms with Gasteiger partial charge in [0, 0.05) is 12.1 Å². The predicted octanol–water partition coefficient (Wildman–Crippen LogP) is 2.40. The SMILES string of the molecule is CO[Si](C)(C)c1cccc(Cl)c1. The lowest BCUT2D eigenvalue weighted by Gasteiger charge is -2.20. The topological polar surface area (TPSA) is 9.23 Å². The summed E-state index contributed by atoms with van der Waals surface area (Å²) in [7, 11) is 0.0879. The highest BCUT2D eigenvalue weighted by Crippen LogP contribution is 2.09. The molecule has 0 bridgehead atoms. The van der Waals surface area contributed by atoms with E-state index in [1.165, 1.54) is 5.19 Å². The minimum atomic E-state index is -1.67. The zero-order valence-electron chi connectivity index (χ0n) is 7.60. The average molecular weight is 201 g/mol. The van der Waals surface area contributed by atoms with Crippen LogP contribution < -0.4 is 5.19 Å². The Hall–Kier alpha value is -0.313. The Labute approximate surface area is 79.4 Å². The molecule has 0 aliphatic carbocycles. The summed E-state index contributed by atoms with van der Waals surface area (Å²) in [5, 5.41) is 2.02. The van der Waals surface area contributed by atoms with E-state index in [1.807, 2.05) is 18.2 Å². The fourth-order valence-corrected chi connectivity index (χ4v) is 2.50. The molecule has 0 atom stereocenters. The Morgan fingerprint density at radius 2 is 2.00 bits per heavy atom. The molecule has 0 aliphatic rings. The second kappa shape index (κ2) is 3.60. The van der Waals surface area contributed by atoms with Gasteiger partial charge in [0.05, 0.1) is 0 Å². The first-order valence-corrected chi connectivity index (χ1v) is 7.16. The summed E-state index contributed by atoms with van der Waals surface area (Å²) in [6.45, 7) is 4.30. The van der Waals surface area contributed by atoms with Crippen molar-refractivity contribution in [3.8, 4) is 0 Å². The van der Waals surface area contributed by atoms with Gasteiger partial charge in [-0.15, -0.1) is 0 Å². The third-order valence-corrected chi connectivity index (χ3v) is 4.99. The smallest absolute Gasteiger partial charge is 0.217 e. The maximum atomic E-state index is 5.87. The first-order valence-electron chi connectivity index (χ1n) is 3.87. The Morgan fingerprint density at radius 3 is 2.50 bits per heavy atom. The maximum Gasteiger partial charge on any atom is 0.217 e. The summed E-state index contributed by atoms with van der Waals surface area (Å²) in [5.74, 6) is 0. The van der Waals surface area contributed by atoms with Crippen LogP contribution in [0.15, 0.2) is 24.3 Å². The monoisotopic (exact) mass is 200 g/mol. The molecule has 0 heterocycles. The van der Waals surface area contributed by atoms with Crippen molar-refractivity contribution in [2.45, 2.75) is 13.1 Å². The summed E-state index contributed by atoms with van der Waals surface area (Å²) in [6.07, 6.45) is 0. The molecule has 0 radical (unpaired) electrons. The fraction of sp³-hybridized carbons (Fsp3) is 0.333. The third kappa shape index (κ3) is 2.09. The molecule has 0 amide bonds. The highest BCUT2D eigenvalue weighted by Gasteiger charge is 2.23. The van der Waals surface area contributed by atoms with Crippen molar-refractivity contribution in [2.24, 2.45) is 0 Å². The van der Waals surface area contributed by atoms with Crippen molar-refractivity contribution in [1.29, 1.82) is 0 Å². The van der Waals surface area contributed by atoms with Gasteiger partial charge in [-0.1, -0.05) is 23.7 Å². The standard InChI is InChI=1S/C9H13ClOSi/c1-11-12(2,3)9-6-4-5-8(10)7-9/h4-7H,1-3H3. The number of benzene rings is 1. The molecule has 1 rings (SSSR count). The van der Waals surface area contributed by atoms with Crippen LogP contribution in [0.5, 0.6) is 0 Å². The Morgan fingerprint density at radius 1 is 1.33 bits per heavy atom. The van der Waals surface area contributed by atoms with Crippen LogP contribution in [0.25, 0.3) is 0 Å². The van der Waals surface area contributed by atoms with Crippen molar-refractivity contribution in [1.82, 2.24) is 0 Å². The van der Waals surface area contributed by atoms with E-state index < -0.39 is 8.32 Å². The Bertz CT molecular complexity index is 273. The van der Waals surface area contributed by atoms with Crippen LogP contribution >= 0.6 is 11.6 Å². The van der Waals surface area contributed by atoms with E-state index in [-0.39, 0.29) is 0 Å². The van der Waals surface area contributed by atoms with Crippen molar-refractivity contribution >= 4 is 25.1 Å². The lowest BCUT2D eigenvalue weighted by molar-refractivity contribution is 0.416. The molecule has 3 heteroatoms. The van der Waals surface area contributed by atoms with Gasteiger partial charge in [-0.05, 0) is 30.4 Å². The lowest BCUT2D eigenvalue weighted by atomic mass is 10.4.